The summed E-state index contributed by atoms with van der Waals surface area (Å²) >= 11 is 0. The molecule has 1 saturated heterocycles. The Morgan fingerprint density at radius 1 is 1.03 bits per heavy atom. The maximum atomic E-state index is 13.1. The van der Waals surface area contributed by atoms with Gasteiger partial charge in [-0.15, -0.1) is 0 Å². The average Bonchev–Trinajstić information content (AvgIpc) is 2.73. The van der Waals surface area contributed by atoms with Gasteiger partial charge in [0.15, 0.2) is 0 Å². The number of ether oxygens (including phenoxy) is 1. The van der Waals surface area contributed by atoms with Gasteiger partial charge >= 0.3 is 0 Å². The molecule has 158 valence electrons. The number of nitrogens with zero attached hydrogens (tertiary/aromatic N) is 1. The second-order valence-electron chi connectivity index (χ2n) is 8.29. The highest BCUT2D eigenvalue weighted by Crippen LogP contribution is 2.31. The standard InChI is InChI=1S/C24H32FNO3/c1-17(2)22-5-3-4-6-23(22)29-16-21(27)15-26-13-11-19(12-14-26)24(28)18-7-9-20(25)10-8-18/h3-10,17,19,21,24,27-28H,11-16H2,1-2H3. The zero-order chi connectivity index (χ0) is 20.8. The van der Waals surface area contributed by atoms with Gasteiger partial charge in [-0.25, -0.2) is 4.39 Å². The topological polar surface area (TPSA) is 52.9 Å². The van der Waals surface area contributed by atoms with Crippen LogP contribution in [0.2, 0.25) is 0 Å². The van der Waals surface area contributed by atoms with Crippen LogP contribution >= 0.6 is 0 Å². The predicted octanol–water partition coefficient (Wildman–Crippen LogP) is 4.13. The number of benzene rings is 2. The van der Waals surface area contributed by atoms with Crippen molar-refractivity contribution in [2.45, 2.75) is 44.8 Å². The van der Waals surface area contributed by atoms with Crippen molar-refractivity contribution in [3.63, 3.8) is 0 Å². The number of halogens is 1. The largest absolute Gasteiger partial charge is 0.491 e. The van der Waals surface area contributed by atoms with E-state index in [-0.39, 0.29) is 18.3 Å². The van der Waals surface area contributed by atoms with E-state index in [0.717, 1.165) is 42.8 Å². The van der Waals surface area contributed by atoms with Crippen LogP contribution in [-0.4, -0.2) is 47.5 Å². The van der Waals surface area contributed by atoms with Crippen LogP contribution in [0, 0.1) is 11.7 Å². The molecule has 2 atom stereocenters. The summed E-state index contributed by atoms with van der Waals surface area (Å²) in [6, 6.07) is 14.1. The third-order valence-corrected chi connectivity index (χ3v) is 5.73. The summed E-state index contributed by atoms with van der Waals surface area (Å²) in [6.45, 7) is 6.72. The minimum atomic E-state index is -0.571. The van der Waals surface area contributed by atoms with Gasteiger partial charge in [-0.3, -0.25) is 0 Å². The summed E-state index contributed by atoms with van der Waals surface area (Å²) in [4.78, 5) is 2.22. The molecule has 0 bridgehead atoms. The minimum Gasteiger partial charge on any atom is -0.491 e. The summed E-state index contributed by atoms with van der Waals surface area (Å²) in [5.41, 5.74) is 1.91. The Morgan fingerprint density at radius 3 is 2.34 bits per heavy atom. The third-order valence-electron chi connectivity index (χ3n) is 5.73. The molecule has 0 radical (unpaired) electrons. The van der Waals surface area contributed by atoms with Gasteiger partial charge in [0.25, 0.3) is 0 Å². The number of β-amino-alcohol motifs (C(OH)–C–C–N with tert-alkyl or cyclic N) is 1. The van der Waals surface area contributed by atoms with E-state index in [4.69, 9.17) is 4.74 Å². The fourth-order valence-corrected chi connectivity index (χ4v) is 4.01. The lowest BCUT2D eigenvalue weighted by Gasteiger charge is -2.35. The van der Waals surface area contributed by atoms with Crippen molar-refractivity contribution in [1.29, 1.82) is 0 Å². The number of aliphatic hydroxyl groups is 2. The van der Waals surface area contributed by atoms with Crippen molar-refractivity contribution in [2.75, 3.05) is 26.2 Å². The van der Waals surface area contributed by atoms with E-state index >= 15 is 0 Å². The Kier molecular flexibility index (Phi) is 7.64. The van der Waals surface area contributed by atoms with Gasteiger partial charge in [0.1, 0.15) is 24.3 Å². The molecule has 5 heteroatoms. The zero-order valence-electron chi connectivity index (χ0n) is 17.3. The maximum absolute atomic E-state index is 13.1. The molecule has 2 N–H and O–H groups in total. The molecule has 0 aromatic heterocycles. The molecule has 0 spiro atoms. The zero-order valence-corrected chi connectivity index (χ0v) is 17.3. The van der Waals surface area contributed by atoms with Crippen LogP contribution in [0.4, 0.5) is 4.39 Å². The Hall–Kier alpha value is -1.95. The Balaban J connectivity index is 1.44. The van der Waals surface area contributed by atoms with Gasteiger partial charge in [0, 0.05) is 6.54 Å². The number of piperidine rings is 1. The predicted molar refractivity (Wildman–Crippen MR) is 113 cm³/mol. The van der Waals surface area contributed by atoms with Crippen LogP contribution in [0.3, 0.4) is 0 Å². The molecule has 29 heavy (non-hydrogen) atoms. The van der Waals surface area contributed by atoms with Crippen LogP contribution in [-0.2, 0) is 0 Å². The Morgan fingerprint density at radius 2 is 1.69 bits per heavy atom. The summed E-state index contributed by atoms with van der Waals surface area (Å²) in [5, 5.41) is 21.0. The first-order chi connectivity index (χ1) is 13.9. The van der Waals surface area contributed by atoms with E-state index in [0.29, 0.717) is 12.5 Å². The van der Waals surface area contributed by atoms with Gasteiger partial charge in [0.2, 0.25) is 0 Å². The van der Waals surface area contributed by atoms with E-state index in [2.05, 4.69) is 24.8 Å². The summed E-state index contributed by atoms with van der Waals surface area (Å²) < 4.78 is 19.0. The molecule has 0 saturated carbocycles. The third kappa shape index (κ3) is 6.01. The second kappa shape index (κ2) is 10.2. The number of rotatable bonds is 8. The number of hydrogen-bond acceptors (Lipinski definition) is 4. The minimum absolute atomic E-state index is 0.156. The number of para-hydroxylation sites is 1. The SMILES string of the molecule is CC(C)c1ccccc1OCC(O)CN1CCC(C(O)c2ccc(F)cc2)CC1. The fourth-order valence-electron chi connectivity index (χ4n) is 4.01. The fraction of sp³-hybridized carbons (Fsp3) is 0.500. The normalized spacial score (nSPS) is 18.0. The Labute approximate surface area is 172 Å². The summed E-state index contributed by atoms with van der Waals surface area (Å²) in [5.74, 6) is 1.07. The molecule has 1 heterocycles. The maximum Gasteiger partial charge on any atom is 0.123 e. The van der Waals surface area contributed by atoms with E-state index in [9.17, 15) is 14.6 Å². The number of aliphatic hydroxyl groups excluding tert-OH is 2. The van der Waals surface area contributed by atoms with Crippen molar-refractivity contribution in [2.24, 2.45) is 5.92 Å². The van der Waals surface area contributed by atoms with Crippen LogP contribution in [0.15, 0.2) is 48.5 Å². The van der Waals surface area contributed by atoms with E-state index in [1.165, 1.54) is 12.1 Å². The lowest BCUT2D eigenvalue weighted by Crippen LogP contribution is -2.41. The first kappa shape index (κ1) is 21.8. The molecule has 1 fully saturated rings. The molecule has 0 aliphatic carbocycles. The molecule has 2 aromatic rings. The van der Waals surface area contributed by atoms with Gasteiger partial charge in [-0.1, -0.05) is 44.2 Å². The lowest BCUT2D eigenvalue weighted by molar-refractivity contribution is 0.0277. The summed E-state index contributed by atoms with van der Waals surface area (Å²) in [7, 11) is 0. The average molecular weight is 402 g/mol. The van der Waals surface area contributed by atoms with Crippen molar-refractivity contribution in [3.05, 3.63) is 65.5 Å². The molecule has 4 nitrogen and oxygen atoms in total. The molecule has 3 rings (SSSR count). The summed E-state index contributed by atoms with van der Waals surface area (Å²) in [6.07, 6.45) is 0.567. The van der Waals surface area contributed by atoms with Crippen molar-refractivity contribution >= 4 is 0 Å². The highest BCUT2D eigenvalue weighted by Gasteiger charge is 2.27. The van der Waals surface area contributed by atoms with Crippen molar-refractivity contribution in [1.82, 2.24) is 4.90 Å². The van der Waals surface area contributed by atoms with Crippen LogP contribution in [0.25, 0.3) is 0 Å². The lowest BCUT2D eigenvalue weighted by atomic mass is 9.87. The molecule has 0 amide bonds. The monoisotopic (exact) mass is 401 g/mol. The highest BCUT2D eigenvalue weighted by molar-refractivity contribution is 5.35. The van der Waals surface area contributed by atoms with Crippen molar-refractivity contribution in [3.8, 4) is 5.75 Å². The molecule has 1 aliphatic rings. The first-order valence-electron chi connectivity index (χ1n) is 10.5. The quantitative estimate of drug-likeness (QED) is 0.698. The van der Waals surface area contributed by atoms with Gasteiger partial charge in [-0.05, 0) is 67.1 Å². The van der Waals surface area contributed by atoms with Gasteiger partial charge in [-0.2, -0.15) is 0 Å². The number of likely N-dealkylation sites (tertiary alicyclic amines) is 1. The smallest absolute Gasteiger partial charge is 0.123 e. The first-order valence-corrected chi connectivity index (χ1v) is 10.5. The number of hydrogen-bond donors (Lipinski definition) is 2. The van der Waals surface area contributed by atoms with Gasteiger partial charge < -0.3 is 19.8 Å². The van der Waals surface area contributed by atoms with E-state index in [1.807, 2.05) is 18.2 Å². The Bertz CT molecular complexity index is 757. The highest BCUT2D eigenvalue weighted by atomic mass is 19.1. The van der Waals surface area contributed by atoms with E-state index < -0.39 is 12.2 Å². The second-order valence-corrected chi connectivity index (χ2v) is 8.29. The van der Waals surface area contributed by atoms with Crippen molar-refractivity contribution < 1.29 is 19.3 Å². The van der Waals surface area contributed by atoms with Crippen LogP contribution < -0.4 is 4.74 Å². The van der Waals surface area contributed by atoms with Crippen LogP contribution in [0.5, 0.6) is 5.75 Å². The van der Waals surface area contributed by atoms with Gasteiger partial charge in [0.05, 0.1) is 6.10 Å². The molecule has 2 unspecified atom stereocenters. The molecule has 1 aliphatic heterocycles. The molecular formula is C24H32FNO3. The van der Waals surface area contributed by atoms with E-state index in [1.54, 1.807) is 12.1 Å². The molecule has 2 aromatic carbocycles. The van der Waals surface area contributed by atoms with Crippen LogP contribution in [0.1, 0.15) is 49.8 Å². The molecular weight excluding hydrogens is 369 g/mol.